The van der Waals surface area contributed by atoms with E-state index in [4.69, 9.17) is 6.42 Å². The molecule has 2 rings (SSSR count). The molecule has 0 saturated carbocycles. The van der Waals surface area contributed by atoms with Crippen molar-refractivity contribution in [2.45, 2.75) is 12.5 Å². The van der Waals surface area contributed by atoms with Crippen LogP contribution in [0.25, 0.3) is 5.69 Å². The predicted molar refractivity (Wildman–Crippen MR) is 68.8 cm³/mol. The highest BCUT2D eigenvalue weighted by atomic mass is 15.3. The minimum absolute atomic E-state index is 0.164. The van der Waals surface area contributed by atoms with Gasteiger partial charge in [0.05, 0.1) is 11.9 Å². The molecule has 17 heavy (non-hydrogen) atoms. The molecule has 86 valence electrons. The van der Waals surface area contributed by atoms with Gasteiger partial charge >= 0.3 is 0 Å². The molecule has 0 aliphatic rings. The summed E-state index contributed by atoms with van der Waals surface area (Å²) in [7, 11) is 1.90. The smallest absolute Gasteiger partial charge is 0.0645 e. The fourth-order valence-electron chi connectivity index (χ4n) is 1.74. The van der Waals surface area contributed by atoms with Gasteiger partial charge in [-0.3, -0.25) is 0 Å². The predicted octanol–water partition coefficient (Wildman–Crippen LogP) is 2.16. The van der Waals surface area contributed by atoms with Gasteiger partial charge in [0, 0.05) is 24.2 Å². The van der Waals surface area contributed by atoms with Crippen LogP contribution in [0.15, 0.2) is 42.7 Å². The monoisotopic (exact) mass is 225 g/mol. The summed E-state index contributed by atoms with van der Waals surface area (Å²) in [6.45, 7) is 0. The van der Waals surface area contributed by atoms with Gasteiger partial charge in [-0.05, 0) is 19.2 Å². The standard InChI is InChI=1S/C14H15N3/c1-3-7-14(15-2)12-10-16-17(11-12)13-8-5-4-6-9-13/h1,4-6,8-11,14-15H,7H2,2H3. The molecular formula is C14H15N3. The van der Waals surface area contributed by atoms with Crippen molar-refractivity contribution in [1.29, 1.82) is 0 Å². The van der Waals surface area contributed by atoms with Crippen LogP contribution >= 0.6 is 0 Å². The fraction of sp³-hybridized carbons (Fsp3) is 0.214. The van der Waals surface area contributed by atoms with E-state index in [9.17, 15) is 0 Å². The maximum absolute atomic E-state index is 5.34. The Hall–Kier alpha value is -2.05. The van der Waals surface area contributed by atoms with E-state index in [1.165, 1.54) is 0 Å². The second-order valence-corrected chi connectivity index (χ2v) is 3.80. The Morgan fingerprint density at radius 1 is 1.41 bits per heavy atom. The quantitative estimate of drug-likeness (QED) is 0.808. The lowest BCUT2D eigenvalue weighted by atomic mass is 10.1. The molecule has 1 aromatic carbocycles. The lowest BCUT2D eigenvalue weighted by Gasteiger charge is -2.09. The summed E-state index contributed by atoms with van der Waals surface area (Å²) in [5.74, 6) is 2.67. The largest absolute Gasteiger partial charge is 0.312 e. The van der Waals surface area contributed by atoms with Crippen molar-refractivity contribution in [1.82, 2.24) is 15.1 Å². The maximum Gasteiger partial charge on any atom is 0.0645 e. The third-order valence-corrected chi connectivity index (χ3v) is 2.70. The van der Waals surface area contributed by atoms with Crippen LogP contribution in [-0.4, -0.2) is 16.8 Å². The van der Waals surface area contributed by atoms with Crippen LogP contribution in [0.1, 0.15) is 18.0 Å². The van der Waals surface area contributed by atoms with E-state index in [1.54, 1.807) is 0 Å². The highest BCUT2D eigenvalue weighted by Crippen LogP contribution is 2.16. The highest BCUT2D eigenvalue weighted by Gasteiger charge is 2.10. The van der Waals surface area contributed by atoms with Crippen molar-refractivity contribution in [3.05, 3.63) is 48.3 Å². The molecule has 0 bridgehead atoms. The van der Waals surface area contributed by atoms with E-state index in [0.717, 1.165) is 11.3 Å². The van der Waals surface area contributed by atoms with Crippen LogP contribution in [-0.2, 0) is 0 Å². The molecule has 1 aromatic heterocycles. The molecule has 0 radical (unpaired) electrons. The zero-order chi connectivity index (χ0) is 12.1. The van der Waals surface area contributed by atoms with Crippen molar-refractivity contribution in [2.75, 3.05) is 7.05 Å². The SMILES string of the molecule is C#CCC(NC)c1cnn(-c2ccccc2)c1. The van der Waals surface area contributed by atoms with Crippen LogP contribution in [0.5, 0.6) is 0 Å². The first-order valence-corrected chi connectivity index (χ1v) is 5.56. The Morgan fingerprint density at radius 3 is 2.82 bits per heavy atom. The van der Waals surface area contributed by atoms with Gasteiger partial charge in [-0.25, -0.2) is 4.68 Å². The van der Waals surface area contributed by atoms with E-state index in [0.29, 0.717) is 6.42 Å². The molecule has 1 heterocycles. The summed E-state index contributed by atoms with van der Waals surface area (Å²) in [4.78, 5) is 0. The number of benzene rings is 1. The van der Waals surface area contributed by atoms with Crippen molar-refractivity contribution in [2.24, 2.45) is 0 Å². The third kappa shape index (κ3) is 2.55. The Morgan fingerprint density at radius 2 is 2.18 bits per heavy atom. The second-order valence-electron chi connectivity index (χ2n) is 3.80. The van der Waals surface area contributed by atoms with E-state index in [1.807, 2.05) is 54.5 Å². The fourth-order valence-corrected chi connectivity index (χ4v) is 1.74. The molecule has 1 unspecified atom stereocenters. The summed E-state index contributed by atoms with van der Waals surface area (Å²) in [5.41, 5.74) is 2.16. The number of nitrogens with one attached hydrogen (secondary N) is 1. The average molecular weight is 225 g/mol. The van der Waals surface area contributed by atoms with E-state index in [2.05, 4.69) is 16.3 Å². The van der Waals surface area contributed by atoms with E-state index in [-0.39, 0.29) is 6.04 Å². The van der Waals surface area contributed by atoms with Gasteiger partial charge in [-0.2, -0.15) is 5.10 Å². The maximum atomic E-state index is 5.34. The van der Waals surface area contributed by atoms with Crippen molar-refractivity contribution in [3.63, 3.8) is 0 Å². The zero-order valence-electron chi connectivity index (χ0n) is 9.80. The number of terminal acetylenes is 1. The lowest BCUT2D eigenvalue weighted by molar-refractivity contribution is 0.611. The van der Waals surface area contributed by atoms with Crippen molar-refractivity contribution >= 4 is 0 Å². The summed E-state index contributed by atoms with van der Waals surface area (Å²) in [5, 5.41) is 7.53. The molecule has 1 atom stereocenters. The topological polar surface area (TPSA) is 29.9 Å². The summed E-state index contributed by atoms with van der Waals surface area (Å²) in [6.07, 6.45) is 9.87. The van der Waals surface area contributed by atoms with Crippen LogP contribution in [0.3, 0.4) is 0 Å². The number of aromatic nitrogens is 2. The Kier molecular flexibility index (Phi) is 3.59. The van der Waals surface area contributed by atoms with Gasteiger partial charge in [0.15, 0.2) is 0 Å². The third-order valence-electron chi connectivity index (χ3n) is 2.70. The number of nitrogens with zero attached hydrogens (tertiary/aromatic N) is 2. The normalized spacial score (nSPS) is 12.0. The Balaban J connectivity index is 2.24. The van der Waals surface area contributed by atoms with Gasteiger partial charge in [-0.15, -0.1) is 12.3 Å². The number of hydrogen-bond donors (Lipinski definition) is 1. The molecular weight excluding hydrogens is 210 g/mol. The van der Waals surface area contributed by atoms with Crippen molar-refractivity contribution in [3.8, 4) is 18.0 Å². The van der Waals surface area contributed by atoms with Gasteiger partial charge in [-0.1, -0.05) is 18.2 Å². The van der Waals surface area contributed by atoms with Gasteiger partial charge in [0.1, 0.15) is 0 Å². The van der Waals surface area contributed by atoms with Crippen LogP contribution in [0.2, 0.25) is 0 Å². The Bertz CT molecular complexity index is 508. The molecule has 3 heteroatoms. The summed E-state index contributed by atoms with van der Waals surface area (Å²) >= 11 is 0. The van der Waals surface area contributed by atoms with E-state index < -0.39 is 0 Å². The minimum atomic E-state index is 0.164. The number of rotatable bonds is 4. The van der Waals surface area contributed by atoms with Crippen molar-refractivity contribution < 1.29 is 0 Å². The molecule has 3 nitrogen and oxygen atoms in total. The molecule has 0 spiro atoms. The molecule has 0 amide bonds. The molecule has 1 N–H and O–H groups in total. The van der Waals surface area contributed by atoms with Crippen LogP contribution in [0, 0.1) is 12.3 Å². The molecule has 0 fully saturated rings. The molecule has 0 saturated heterocycles. The van der Waals surface area contributed by atoms with Gasteiger partial charge in [0.25, 0.3) is 0 Å². The number of para-hydroxylation sites is 1. The van der Waals surface area contributed by atoms with E-state index >= 15 is 0 Å². The Labute approximate surface area is 101 Å². The van der Waals surface area contributed by atoms with Gasteiger partial charge < -0.3 is 5.32 Å². The highest BCUT2D eigenvalue weighted by molar-refractivity contribution is 5.31. The minimum Gasteiger partial charge on any atom is -0.312 e. The second kappa shape index (κ2) is 5.33. The first kappa shape index (κ1) is 11.4. The zero-order valence-corrected chi connectivity index (χ0v) is 9.80. The number of hydrogen-bond acceptors (Lipinski definition) is 2. The first-order valence-electron chi connectivity index (χ1n) is 5.56. The molecule has 0 aliphatic carbocycles. The lowest BCUT2D eigenvalue weighted by Crippen LogP contribution is -2.14. The average Bonchev–Trinajstić information content (AvgIpc) is 2.86. The van der Waals surface area contributed by atoms with Gasteiger partial charge in [0.2, 0.25) is 0 Å². The summed E-state index contributed by atoms with van der Waals surface area (Å²) < 4.78 is 1.86. The van der Waals surface area contributed by atoms with Crippen LogP contribution in [0.4, 0.5) is 0 Å². The molecule has 2 aromatic rings. The molecule has 0 aliphatic heterocycles. The van der Waals surface area contributed by atoms with Crippen LogP contribution < -0.4 is 5.32 Å². The first-order chi connectivity index (χ1) is 8.35. The summed E-state index contributed by atoms with van der Waals surface area (Å²) in [6, 6.07) is 10.2.